The fraction of sp³-hybridized carbons (Fsp3) is 0.529. The first-order valence-corrected chi connectivity index (χ1v) is 9.92. The number of sulfonamides is 1. The Morgan fingerprint density at radius 1 is 1.24 bits per heavy atom. The quantitative estimate of drug-likeness (QED) is 0.821. The lowest BCUT2D eigenvalue weighted by Gasteiger charge is -2.36. The molecule has 1 aromatic rings. The maximum atomic E-state index is 12.8. The van der Waals surface area contributed by atoms with Crippen LogP contribution in [0.25, 0.3) is 0 Å². The van der Waals surface area contributed by atoms with Gasteiger partial charge in [-0.1, -0.05) is 13.0 Å². The number of nitrogens with zero attached hydrogens (tertiary/aromatic N) is 1. The van der Waals surface area contributed by atoms with E-state index in [9.17, 15) is 23.1 Å². The average molecular weight is 366 g/mol. The van der Waals surface area contributed by atoms with Crippen molar-refractivity contribution in [3.8, 4) is 0 Å². The van der Waals surface area contributed by atoms with Crippen LogP contribution in [0.4, 0.5) is 0 Å². The largest absolute Gasteiger partial charge is 0.480 e. The second kappa shape index (κ2) is 6.76. The molecule has 7 nitrogen and oxygen atoms in total. The molecule has 1 saturated heterocycles. The van der Waals surface area contributed by atoms with Gasteiger partial charge in [-0.3, -0.25) is 4.79 Å². The van der Waals surface area contributed by atoms with Gasteiger partial charge >= 0.3 is 5.97 Å². The van der Waals surface area contributed by atoms with E-state index in [0.29, 0.717) is 13.0 Å². The second-order valence-corrected chi connectivity index (χ2v) is 8.62. The fourth-order valence-electron chi connectivity index (χ4n) is 3.07. The minimum Gasteiger partial charge on any atom is -0.480 e. The number of carbonyl (C=O) groups excluding carboxylic acids is 1. The van der Waals surface area contributed by atoms with Gasteiger partial charge in [0.1, 0.15) is 6.04 Å². The molecule has 1 aliphatic heterocycles. The molecule has 0 bridgehead atoms. The minimum absolute atomic E-state index is 0.0238. The summed E-state index contributed by atoms with van der Waals surface area (Å²) < 4.78 is 27.2. The maximum Gasteiger partial charge on any atom is 0.326 e. The summed E-state index contributed by atoms with van der Waals surface area (Å²) >= 11 is 0. The summed E-state index contributed by atoms with van der Waals surface area (Å²) in [5.74, 6) is -1.23. The number of amides is 1. The Morgan fingerprint density at radius 2 is 1.96 bits per heavy atom. The van der Waals surface area contributed by atoms with Gasteiger partial charge in [-0.2, -0.15) is 0 Å². The van der Waals surface area contributed by atoms with Crippen molar-refractivity contribution in [3.63, 3.8) is 0 Å². The van der Waals surface area contributed by atoms with E-state index in [4.69, 9.17) is 0 Å². The van der Waals surface area contributed by atoms with E-state index in [1.807, 2.05) is 6.92 Å². The van der Waals surface area contributed by atoms with E-state index < -0.39 is 27.9 Å². The van der Waals surface area contributed by atoms with Crippen LogP contribution in [0, 0.1) is 5.92 Å². The molecule has 2 aliphatic rings. The maximum absolute atomic E-state index is 12.8. The molecule has 0 radical (unpaired) electrons. The number of likely N-dealkylation sites (tertiary alicyclic amines) is 1. The van der Waals surface area contributed by atoms with Gasteiger partial charge < -0.3 is 10.0 Å². The van der Waals surface area contributed by atoms with E-state index in [1.54, 1.807) is 0 Å². The molecule has 0 aromatic heterocycles. The molecule has 2 atom stereocenters. The normalized spacial score (nSPS) is 24.1. The van der Waals surface area contributed by atoms with Crippen molar-refractivity contribution < 1.29 is 23.1 Å². The smallest absolute Gasteiger partial charge is 0.326 e. The Kier molecular flexibility index (Phi) is 4.83. The number of nitrogens with one attached hydrogen (secondary N) is 1. The predicted molar refractivity (Wildman–Crippen MR) is 90.6 cm³/mol. The molecule has 2 N–H and O–H groups in total. The zero-order valence-electron chi connectivity index (χ0n) is 14.0. The third-order valence-corrected chi connectivity index (χ3v) is 6.22. The Labute approximate surface area is 147 Å². The highest BCUT2D eigenvalue weighted by molar-refractivity contribution is 7.89. The molecule has 3 rings (SSSR count). The number of aliphatic carboxylic acids is 1. The molecule has 25 heavy (non-hydrogen) atoms. The van der Waals surface area contributed by atoms with Crippen LogP contribution in [0.3, 0.4) is 0 Å². The Hall–Kier alpha value is -1.93. The van der Waals surface area contributed by atoms with Crippen LogP contribution in [-0.4, -0.2) is 48.9 Å². The number of piperidine rings is 1. The van der Waals surface area contributed by atoms with Gasteiger partial charge in [0.2, 0.25) is 10.0 Å². The predicted octanol–water partition coefficient (Wildman–Crippen LogP) is 1.45. The van der Waals surface area contributed by atoms with Gasteiger partial charge in [-0.05, 0) is 49.8 Å². The Bertz CT molecular complexity index is 788. The molecule has 1 heterocycles. The third kappa shape index (κ3) is 4.01. The number of rotatable bonds is 5. The molecule has 1 amide bonds. The molecular formula is C17H22N2O5S. The van der Waals surface area contributed by atoms with Crippen LogP contribution < -0.4 is 4.72 Å². The molecular weight excluding hydrogens is 344 g/mol. The first kappa shape index (κ1) is 17.9. The lowest BCUT2D eigenvalue weighted by molar-refractivity contribution is -0.144. The first-order valence-electron chi connectivity index (χ1n) is 8.44. The number of carboxylic acid groups (broad SMARTS) is 1. The summed E-state index contributed by atoms with van der Waals surface area (Å²) in [5, 5.41) is 9.41. The SMILES string of the molecule is CC1CCN(C(=O)c2cccc(S(=O)(=O)NC3CC3)c2)C(C(=O)O)C1. The van der Waals surface area contributed by atoms with Crippen molar-refractivity contribution in [1.82, 2.24) is 9.62 Å². The molecule has 1 aromatic carbocycles. The van der Waals surface area contributed by atoms with E-state index >= 15 is 0 Å². The molecule has 1 aliphatic carbocycles. The molecule has 2 fully saturated rings. The van der Waals surface area contributed by atoms with E-state index in [0.717, 1.165) is 19.3 Å². The molecule has 136 valence electrons. The zero-order chi connectivity index (χ0) is 18.2. The van der Waals surface area contributed by atoms with Gasteiger partial charge in [-0.25, -0.2) is 17.9 Å². The van der Waals surface area contributed by atoms with E-state index in [2.05, 4.69) is 4.72 Å². The molecule has 8 heteroatoms. The number of hydrogen-bond donors (Lipinski definition) is 2. The highest BCUT2D eigenvalue weighted by Gasteiger charge is 2.35. The highest BCUT2D eigenvalue weighted by atomic mass is 32.2. The van der Waals surface area contributed by atoms with Crippen molar-refractivity contribution >= 4 is 21.9 Å². The van der Waals surface area contributed by atoms with Crippen molar-refractivity contribution in [2.75, 3.05) is 6.54 Å². The van der Waals surface area contributed by atoms with Crippen molar-refractivity contribution in [2.45, 2.75) is 49.6 Å². The van der Waals surface area contributed by atoms with Crippen molar-refractivity contribution in [1.29, 1.82) is 0 Å². The number of benzene rings is 1. The molecule has 2 unspecified atom stereocenters. The lowest BCUT2D eigenvalue weighted by atomic mass is 9.92. The summed E-state index contributed by atoms with van der Waals surface area (Å²) in [4.78, 5) is 25.6. The van der Waals surface area contributed by atoms with Gasteiger partial charge in [0.15, 0.2) is 0 Å². The second-order valence-electron chi connectivity index (χ2n) is 6.91. The monoisotopic (exact) mass is 366 g/mol. The number of carboxylic acids is 1. The van der Waals surface area contributed by atoms with Crippen LogP contribution in [0.5, 0.6) is 0 Å². The number of hydrogen-bond acceptors (Lipinski definition) is 4. The fourth-order valence-corrected chi connectivity index (χ4v) is 4.42. The van der Waals surface area contributed by atoms with Crippen LogP contribution in [0.1, 0.15) is 43.0 Å². The van der Waals surface area contributed by atoms with Crippen LogP contribution in [0.2, 0.25) is 0 Å². The van der Waals surface area contributed by atoms with Crippen LogP contribution in [0.15, 0.2) is 29.2 Å². The molecule has 1 saturated carbocycles. The standard InChI is InChI=1S/C17H22N2O5S/c1-11-7-8-19(15(9-11)17(21)22)16(20)12-3-2-4-14(10-12)25(23,24)18-13-5-6-13/h2-4,10-11,13,15,18H,5-9H2,1H3,(H,21,22). The van der Waals surface area contributed by atoms with Gasteiger partial charge in [0, 0.05) is 18.2 Å². The lowest BCUT2D eigenvalue weighted by Crippen LogP contribution is -2.49. The summed E-state index contributed by atoms with van der Waals surface area (Å²) in [6.45, 7) is 2.32. The van der Waals surface area contributed by atoms with Crippen LogP contribution >= 0.6 is 0 Å². The van der Waals surface area contributed by atoms with Gasteiger partial charge in [0.05, 0.1) is 4.90 Å². The average Bonchev–Trinajstić information content (AvgIpc) is 3.37. The molecule has 0 spiro atoms. The summed E-state index contributed by atoms with van der Waals surface area (Å²) in [6.07, 6.45) is 2.78. The third-order valence-electron chi connectivity index (χ3n) is 4.70. The van der Waals surface area contributed by atoms with Crippen LogP contribution in [-0.2, 0) is 14.8 Å². The Balaban J connectivity index is 1.84. The van der Waals surface area contributed by atoms with Gasteiger partial charge in [-0.15, -0.1) is 0 Å². The summed E-state index contributed by atoms with van der Waals surface area (Å²) in [5.41, 5.74) is 0.194. The minimum atomic E-state index is -3.66. The summed E-state index contributed by atoms with van der Waals surface area (Å²) in [6, 6.07) is 4.90. The van der Waals surface area contributed by atoms with E-state index in [-0.39, 0.29) is 22.4 Å². The van der Waals surface area contributed by atoms with Crippen molar-refractivity contribution in [3.05, 3.63) is 29.8 Å². The number of carbonyl (C=O) groups is 2. The van der Waals surface area contributed by atoms with E-state index in [1.165, 1.54) is 29.2 Å². The van der Waals surface area contributed by atoms with Gasteiger partial charge in [0.25, 0.3) is 5.91 Å². The van der Waals surface area contributed by atoms with Crippen molar-refractivity contribution in [2.24, 2.45) is 5.92 Å². The summed E-state index contributed by atoms with van der Waals surface area (Å²) in [7, 11) is -3.66. The zero-order valence-corrected chi connectivity index (χ0v) is 14.8. The topological polar surface area (TPSA) is 104 Å². The first-order chi connectivity index (χ1) is 11.8. The Morgan fingerprint density at radius 3 is 2.60 bits per heavy atom. The highest BCUT2D eigenvalue weighted by Crippen LogP contribution is 2.26.